The number of imidazole rings is 1. The van der Waals surface area contributed by atoms with E-state index in [2.05, 4.69) is 31.0 Å². The Hall–Kier alpha value is -3.34. The maximum Gasteiger partial charge on any atom is 0.329 e. The molecule has 0 aliphatic carbocycles. The number of H-pyrrole nitrogens is 1. The molecule has 4 aromatic rings. The summed E-state index contributed by atoms with van der Waals surface area (Å²) in [7, 11) is 1.48. The molecule has 4 rings (SSSR count). The van der Waals surface area contributed by atoms with Gasteiger partial charge in [-0.3, -0.25) is 23.9 Å². The molecule has 0 unspecified atom stereocenters. The predicted octanol–water partition coefficient (Wildman–Crippen LogP) is 1.39. The fourth-order valence-corrected chi connectivity index (χ4v) is 3.88. The molecule has 0 saturated carbocycles. The standard InChI is InChI=1S/C18H15BrN6O4/c1-8-4-5-11-10(6-20-25(11)9(2)26)13(8)12(27)7-24-14-15(21-17(24)19)23(3)18(29)22-16(14)28/h4-6H,7H2,1-3H3,(H,22,28,29). The van der Waals surface area contributed by atoms with Gasteiger partial charge >= 0.3 is 5.69 Å². The van der Waals surface area contributed by atoms with Crippen molar-refractivity contribution in [2.45, 2.75) is 20.4 Å². The quantitative estimate of drug-likeness (QED) is 0.365. The average Bonchev–Trinajstić information content (AvgIpc) is 3.21. The minimum absolute atomic E-state index is 0.108. The van der Waals surface area contributed by atoms with Gasteiger partial charge in [0.1, 0.15) is 0 Å². The Morgan fingerprint density at radius 2 is 1.97 bits per heavy atom. The highest BCUT2D eigenvalue weighted by atomic mass is 79.9. The van der Waals surface area contributed by atoms with Crippen LogP contribution in [-0.4, -0.2) is 40.6 Å². The van der Waals surface area contributed by atoms with E-state index in [4.69, 9.17) is 0 Å². The first-order valence-electron chi connectivity index (χ1n) is 8.57. The number of carbonyl (C=O) groups is 2. The van der Waals surface area contributed by atoms with Crippen LogP contribution in [-0.2, 0) is 13.6 Å². The van der Waals surface area contributed by atoms with E-state index in [1.807, 2.05) is 0 Å². The molecule has 0 atom stereocenters. The molecule has 0 aliphatic rings. The highest BCUT2D eigenvalue weighted by molar-refractivity contribution is 9.10. The van der Waals surface area contributed by atoms with Gasteiger partial charge in [-0.15, -0.1) is 0 Å². The van der Waals surface area contributed by atoms with Crippen LogP contribution in [0.4, 0.5) is 0 Å². The zero-order chi connectivity index (χ0) is 21.0. The number of rotatable bonds is 3. The third-order valence-electron chi connectivity index (χ3n) is 4.80. The molecule has 11 heteroatoms. The van der Waals surface area contributed by atoms with E-state index < -0.39 is 11.2 Å². The van der Waals surface area contributed by atoms with E-state index in [1.165, 1.54) is 34.0 Å². The van der Waals surface area contributed by atoms with E-state index in [9.17, 15) is 19.2 Å². The number of carbonyl (C=O) groups excluding carboxylic acids is 2. The van der Waals surface area contributed by atoms with Crippen LogP contribution in [0.5, 0.6) is 0 Å². The lowest BCUT2D eigenvalue weighted by molar-refractivity contribution is 0.0925. The second kappa shape index (κ2) is 6.62. The molecule has 1 N–H and O–H groups in total. The van der Waals surface area contributed by atoms with E-state index in [1.54, 1.807) is 19.1 Å². The summed E-state index contributed by atoms with van der Waals surface area (Å²) in [5.74, 6) is -0.553. The van der Waals surface area contributed by atoms with Crippen molar-refractivity contribution < 1.29 is 9.59 Å². The van der Waals surface area contributed by atoms with Crippen LogP contribution >= 0.6 is 15.9 Å². The number of Topliss-reactive ketones (excluding diaryl/α,β-unsaturated/α-hetero) is 1. The molecule has 3 heterocycles. The van der Waals surface area contributed by atoms with Crippen molar-refractivity contribution in [1.82, 2.24) is 28.9 Å². The first-order chi connectivity index (χ1) is 13.7. The Bertz CT molecular complexity index is 1460. The molecule has 3 aromatic heterocycles. The molecule has 1 aromatic carbocycles. The molecule has 0 saturated heterocycles. The molecule has 29 heavy (non-hydrogen) atoms. The van der Waals surface area contributed by atoms with Gasteiger partial charge in [0.05, 0.1) is 18.3 Å². The average molecular weight is 459 g/mol. The third kappa shape index (κ3) is 2.85. The van der Waals surface area contributed by atoms with Gasteiger partial charge in [0.25, 0.3) is 5.56 Å². The summed E-state index contributed by atoms with van der Waals surface area (Å²) in [5, 5.41) is 4.62. The zero-order valence-corrected chi connectivity index (χ0v) is 17.3. The van der Waals surface area contributed by atoms with E-state index >= 15 is 0 Å². The number of aryl methyl sites for hydroxylation is 2. The van der Waals surface area contributed by atoms with Crippen LogP contribution < -0.4 is 11.2 Å². The number of hydrogen-bond acceptors (Lipinski definition) is 6. The van der Waals surface area contributed by atoms with Gasteiger partial charge in [-0.05, 0) is 34.5 Å². The predicted molar refractivity (Wildman–Crippen MR) is 108 cm³/mol. The van der Waals surface area contributed by atoms with Gasteiger partial charge < -0.3 is 4.57 Å². The monoisotopic (exact) mass is 458 g/mol. The van der Waals surface area contributed by atoms with Crippen LogP contribution in [0.2, 0.25) is 0 Å². The minimum atomic E-state index is -0.631. The Labute approximate surface area is 170 Å². The summed E-state index contributed by atoms with van der Waals surface area (Å²) in [6.45, 7) is 2.98. The lowest BCUT2D eigenvalue weighted by Gasteiger charge is -2.09. The van der Waals surface area contributed by atoms with Crippen LogP contribution in [0.1, 0.15) is 27.6 Å². The number of aromatic nitrogens is 6. The summed E-state index contributed by atoms with van der Waals surface area (Å²) >= 11 is 3.27. The second-order valence-electron chi connectivity index (χ2n) is 6.65. The molecular weight excluding hydrogens is 444 g/mol. The van der Waals surface area contributed by atoms with Gasteiger partial charge in [0, 0.05) is 24.9 Å². The summed E-state index contributed by atoms with van der Waals surface area (Å²) in [6.07, 6.45) is 1.48. The van der Waals surface area contributed by atoms with Crippen molar-refractivity contribution in [2.75, 3.05) is 0 Å². The third-order valence-corrected chi connectivity index (χ3v) is 5.41. The number of fused-ring (bicyclic) bond motifs is 2. The Morgan fingerprint density at radius 3 is 2.66 bits per heavy atom. The Morgan fingerprint density at radius 1 is 1.24 bits per heavy atom. The highest BCUT2D eigenvalue weighted by Crippen LogP contribution is 2.24. The molecule has 148 valence electrons. The topological polar surface area (TPSA) is 125 Å². The Balaban J connectivity index is 1.88. The number of ketones is 1. The number of nitrogens with zero attached hydrogens (tertiary/aromatic N) is 5. The number of aromatic amines is 1. The fraction of sp³-hybridized carbons (Fsp3) is 0.222. The van der Waals surface area contributed by atoms with E-state index in [0.29, 0.717) is 22.0 Å². The lowest BCUT2D eigenvalue weighted by Crippen LogP contribution is -2.29. The van der Waals surface area contributed by atoms with Gasteiger partial charge in [0.15, 0.2) is 21.7 Å². The minimum Gasteiger partial charge on any atom is -0.305 e. The highest BCUT2D eigenvalue weighted by Gasteiger charge is 2.22. The first-order valence-corrected chi connectivity index (χ1v) is 9.36. The number of benzene rings is 1. The van der Waals surface area contributed by atoms with Crippen LogP contribution in [0, 0.1) is 6.92 Å². The zero-order valence-electron chi connectivity index (χ0n) is 15.7. The summed E-state index contributed by atoms with van der Waals surface area (Å²) < 4.78 is 4.08. The molecule has 10 nitrogen and oxygen atoms in total. The molecule has 0 bridgehead atoms. The summed E-state index contributed by atoms with van der Waals surface area (Å²) in [4.78, 5) is 55.5. The SMILES string of the molecule is CC(=O)n1ncc2c(C(=O)Cn3c(Br)nc4c3c(=O)[nH]c(=O)n4C)c(C)ccc21. The maximum atomic E-state index is 13.2. The summed E-state index contributed by atoms with van der Waals surface area (Å²) in [5.41, 5.74) is 0.699. The molecular formula is C18H15BrN6O4. The second-order valence-corrected chi connectivity index (χ2v) is 7.36. The van der Waals surface area contributed by atoms with Gasteiger partial charge in [0.2, 0.25) is 5.91 Å². The largest absolute Gasteiger partial charge is 0.329 e. The first kappa shape index (κ1) is 19.0. The fourth-order valence-electron chi connectivity index (χ4n) is 3.41. The summed E-state index contributed by atoms with van der Waals surface area (Å²) in [6, 6.07) is 3.48. The number of nitrogens with one attached hydrogen (secondary N) is 1. The van der Waals surface area contributed by atoms with Crippen molar-refractivity contribution in [3.8, 4) is 0 Å². The van der Waals surface area contributed by atoms with Crippen LogP contribution in [0.15, 0.2) is 32.7 Å². The normalized spacial score (nSPS) is 11.4. The van der Waals surface area contributed by atoms with Gasteiger partial charge in [-0.25, -0.2) is 14.5 Å². The van der Waals surface area contributed by atoms with Crippen molar-refractivity contribution >= 4 is 49.7 Å². The molecule has 0 fully saturated rings. The van der Waals surface area contributed by atoms with Crippen LogP contribution in [0.3, 0.4) is 0 Å². The van der Waals surface area contributed by atoms with Gasteiger partial charge in [-0.2, -0.15) is 5.10 Å². The number of hydrogen-bond donors (Lipinski definition) is 1. The molecule has 0 spiro atoms. The molecule has 0 amide bonds. The lowest BCUT2D eigenvalue weighted by atomic mass is 10.0. The van der Waals surface area contributed by atoms with E-state index in [-0.39, 0.29) is 34.1 Å². The van der Waals surface area contributed by atoms with Crippen molar-refractivity contribution in [3.05, 3.63) is 55.0 Å². The molecule has 0 radical (unpaired) electrons. The number of halogens is 1. The van der Waals surface area contributed by atoms with Gasteiger partial charge in [-0.1, -0.05) is 6.07 Å². The van der Waals surface area contributed by atoms with Crippen molar-refractivity contribution in [3.63, 3.8) is 0 Å². The molecule has 0 aliphatic heterocycles. The maximum absolute atomic E-state index is 13.2. The smallest absolute Gasteiger partial charge is 0.305 e. The van der Waals surface area contributed by atoms with Crippen LogP contribution in [0.25, 0.3) is 22.1 Å². The van der Waals surface area contributed by atoms with E-state index in [0.717, 1.165) is 0 Å². The van der Waals surface area contributed by atoms with Crippen molar-refractivity contribution in [2.24, 2.45) is 7.05 Å². The van der Waals surface area contributed by atoms with Crippen molar-refractivity contribution in [1.29, 1.82) is 0 Å². The Kier molecular flexibility index (Phi) is 4.34.